The van der Waals surface area contributed by atoms with Gasteiger partial charge in [0.25, 0.3) is 5.91 Å². The Kier molecular flexibility index (Phi) is 4.59. The lowest BCUT2D eigenvalue weighted by molar-refractivity contribution is -0.129. The van der Waals surface area contributed by atoms with Crippen molar-refractivity contribution in [3.05, 3.63) is 11.6 Å². The fourth-order valence-electron chi connectivity index (χ4n) is 2.19. The molecule has 21 heavy (non-hydrogen) atoms. The molecule has 7 heteroatoms. The summed E-state index contributed by atoms with van der Waals surface area (Å²) in [7, 11) is 0. The SMILES string of the molecule is CC(C)(C)c1nc(C(=O)NCCC(=O)N2CCCC2)n[nH]1. The molecule has 1 saturated heterocycles. The molecule has 0 spiro atoms. The maximum atomic E-state index is 11.9. The van der Waals surface area contributed by atoms with Crippen LogP contribution in [0.1, 0.15) is 56.5 Å². The second kappa shape index (κ2) is 6.24. The van der Waals surface area contributed by atoms with Gasteiger partial charge in [-0.2, -0.15) is 0 Å². The minimum Gasteiger partial charge on any atom is -0.349 e. The molecule has 1 aromatic rings. The molecule has 1 aliphatic heterocycles. The molecule has 1 aromatic heterocycles. The Hall–Kier alpha value is -1.92. The van der Waals surface area contributed by atoms with Crippen LogP contribution in [-0.4, -0.2) is 51.5 Å². The van der Waals surface area contributed by atoms with Gasteiger partial charge in [-0.3, -0.25) is 14.7 Å². The maximum absolute atomic E-state index is 11.9. The van der Waals surface area contributed by atoms with Crippen LogP contribution >= 0.6 is 0 Å². The van der Waals surface area contributed by atoms with Crippen molar-refractivity contribution >= 4 is 11.8 Å². The van der Waals surface area contributed by atoms with Crippen molar-refractivity contribution in [3.8, 4) is 0 Å². The van der Waals surface area contributed by atoms with Gasteiger partial charge in [-0.25, -0.2) is 4.98 Å². The van der Waals surface area contributed by atoms with E-state index in [4.69, 9.17) is 0 Å². The molecule has 2 heterocycles. The second-order valence-corrected chi connectivity index (χ2v) is 6.35. The Balaban J connectivity index is 1.79. The van der Waals surface area contributed by atoms with Crippen molar-refractivity contribution in [1.82, 2.24) is 25.4 Å². The highest BCUT2D eigenvalue weighted by molar-refractivity contribution is 5.90. The van der Waals surface area contributed by atoms with Crippen LogP contribution in [0.25, 0.3) is 0 Å². The van der Waals surface area contributed by atoms with Gasteiger partial charge in [-0.1, -0.05) is 20.8 Å². The highest BCUT2D eigenvalue weighted by atomic mass is 16.2. The average molecular weight is 293 g/mol. The van der Waals surface area contributed by atoms with E-state index >= 15 is 0 Å². The molecule has 2 amide bonds. The van der Waals surface area contributed by atoms with Crippen LogP contribution in [0.2, 0.25) is 0 Å². The fraction of sp³-hybridized carbons (Fsp3) is 0.714. The number of aromatic amines is 1. The number of H-pyrrole nitrogens is 1. The van der Waals surface area contributed by atoms with Gasteiger partial charge in [0.05, 0.1) is 0 Å². The van der Waals surface area contributed by atoms with Crippen LogP contribution < -0.4 is 5.32 Å². The topological polar surface area (TPSA) is 91.0 Å². The molecule has 2 rings (SSSR count). The highest BCUT2D eigenvalue weighted by Gasteiger charge is 2.22. The summed E-state index contributed by atoms with van der Waals surface area (Å²) in [5, 5.41) is 9.37. The van der Waals surface area contributed by atoms with Crippen LogP contribution in [-0.2, 0) is 10.2 Å². The number of hydrogen-bond acceptors (Lipinski definition) is 4. The average Bonchev–Trinajstić information content (AvgIpc) is 3.09. The van der Waals surface area contributed by atoms with Gasteiger partial charge in [-0.15, -0.1) is 5.10 Å². The summed E-state index contributed by atoms with van der Waals surface area (Å²) in [4.78, 5) is 29.8. The summed E-state index contributed by atoms with van der Waals surface area (Å²) in [5.74, 6) is 0.531. The number of carbonyl (C=O) groups is 2. The van der Waals surface area contributed by atoms with Gasteiger partial charge in [0.2, 0.25) is 11.7 Å². The number of carbonyl (C=O) groups excluding carboxylic acids is 2. The molecule has 0 radical (unpaired) electrons. The number of aromatic nitrogens is 3. The molecule has 2 N–H and O–H groups in total. The molecule has 0 aromatic carbocycles. The van der Waals surface area contributed by atoms with Gasteiger partial charge >= 0.3 is 0 Å². The lowest BCUT2D eigenvalue weighted by atomic mass is 9.96. The third-order valence-corrected chi connectivity index (χ3v) is 3.48. The number of hydrogen-bond donors (Lipinski definition) is 2. The molecule has 116 valence electrons. The maximum Gasteiger partial charge on any atom is 0.290 e. The second-order valence-electron chi connectivity index (χ2n) is 6.35. The van der Waals surface area contributed by atoms with E-state index < -0.39 is 0 Å². The molecule has 1 fully saturated rings. The third-order valence-electron chi connectivity index (χ3n) is 3.48. The van der Waals surface area contributed by atoms with Crippen LogP contribution in [0.3, 0.4) is 0 Å². The summed E-state index contributed by atoms with van der Waals surface area (Å²) in [6, 6.07) is 0. The number of rotatable bonds is 4. The first-order valence-electron chi connectivity index (χ1n) is 7.37. The van der Waals surface area contributed by atoms with Crippen LogP contribution in [0, 0.1) is 0 Å². The molecular weight excluding hydrogens is 270 g/mol. The fourth-order valence-corrected chi connectivity index (χ4v) is 2.19. The van der Waals surface area contributed by atoms with E-state index in [1.54, 1.807) is 0 Å². The van der Waals surface area contributed by atoms with Gasteiger partial charge < -0.3 is 10.2 Å². The van der Waals surface area contributed by atoms with Crippen molar-refractivity contribution in [2.75, 3.05) is 19.6 Å². The number of likely N-dealkylation sites (tertiary alicyclic amines) is 1. The predicted octanol–water partition coefficient (Wildman–Crippen LogP) is 0.845. The van der Waals surface area contributed by atoms with Gasteiger partial charge in [0.15, 0.2) is 0 Å². The van der Waals surface area contributed by atoms with Crippen LogP contribution in [0.15, 0.2) is 0 Å². The lowest BCUT2D eigenvalue weighted by Crippen LogP contribution is -2.33. The smallest absolute Gasteiger partial charge is 0.290 e. The van der Waals surface area contributed by atoms with Crippen molar-refractivity contribution in [1.29, 1.82) is 0 Å². The van der Waals surface area contributed by atoms with Crippen molar-refractivity contribution < 1.29 is 9.59 Å². The predicted molar refractivity (Wildman–Crippen MR) is 77.8 cm³/mol. The van der Waals surface area contributed by atoms with E-state index in [-0.39, 0.29) is 23.1 Å². The van der Waals surface area contributed by atoms with E-state index in [1.807, 2.05) is 25.7 Å². The Bertz CT molecular complexity index is 512. The highest BCUT2D eigenvalue weighted by Crippen LogP contribution is 2.17. The molecule has 0 unspecified atom stereocenters. The van der Waals surface area contributed by atoms with Crippen LogP contribution in [0.5, 0.6) is 0 Å². The summed E-state index contributed by atoms with van der Waals surface area (Å²) < 4.78 is 0. The molecule has 0 atom stereocenters. The molecule has 1 aliphatic rings. The minimum atomic E-state index is -0.351. The standard InChI is InChI=1S/C14H23N5O2/c1-14(2,3)13-16-11(17-18-13)12(21)15-7-6-10(20)19-8-4-5-9-19/h4-9H2,1-3H3,(H,15,21)(H,16,17,18). The zero-order valence-electron chi connectivity index (χ0n) is 12.9. The van der Waals surface area contributed by atoms with E-state index in [2.05, 4.69) is 20.5 Å². The Labute approximate surface area is 124 Å². The Morgan fingerprint density at radius 1 is 1.29 bits per heavy atom. The van der Waals surface area contributed by atoms with Gasteiger partial charge in [0, 0.05) is 31.5 Å². The summed E-state index contributed by atoms with van der Waals surface area (Å²) >= 11 is 0. The van der Waals surface area contributed by atoms with Gasteiger partial charge in [0.1, 0.15) is 5.82 Å². The van der Waals surface area contributed by atoms with E-state index in [9.17, 15) is 9.59 Å². The summed E-state index contributed by atoms with van der Waals surface area (Å²) in [6.45, 7) is 7.95. The summed E-state index contributed by atoms with van der Waals surface area (Å²) in [6.07, 6.45) is 2.47. The molecule has 0 aliphatic carbocycles. The Morgan fingerprint density at radius 2 is 1.95 bits per heavy atom. The van der Waals surface area contributed by atoms with Crippen LogP contribution in [0.4, 0.5) is 0 Å². The Morgan fingerprint density at radius 3 is 2.52 bits per heavy atom. The quantitative estimate of drug-likeness (QED) is 0.861. The number of amides is 2. The van der Waals surface area contributed by atoms with Crippen molar-refractivity contribution in [3.63, 3.8) is 0 Å². The van der Waals surface area contributed by atoms with E-state index in [1.165, 1.54) is 0 Å². The third kappa shape index (κ3) is 4.03. The molecule has 0 saturated carbocycles. The number of nitrogens with zero attached hydrogens (tertiary/aromatic N) is 3. The lowest BCUT2D eigenvalue weighted by Gasteiger charge is -2.14. The minimum absolute atomic E-state index is 0.0955. The first-order valence-corrected chi connectivity index (χ1v) is 7.37. The number of nitrogens with one attached hydrogen (secondary N) is 2. The largest absolute Gasteiger partial charge is 0.349 e. The zero-order valence-corrected chi connectivity index (χ0v) is 12.9. The van der Waals surface area contributed by atoms with Crippen molar-refractivity contribution in [2.45, 2.75) is 45.4 Å². The van der Waals surface area contributed by atoms with E-state index in [0.717, 1.165) is 25.9 Å². The molecule has 7 nitrogen and oxygen atoms in total. The zero-order chi connectivity index (χ0) is 15.5. The monoisotopic (exact) mass is 293 g/mol. The molecule has 0 bridgehead atoms. The summed E-state index contributed by atoms with van der Waals surface area (Å²) in [5.41, 5.74) is -0.183. The normalized spacial score (nSPS) is 15.3. The first kappa shape index (κ1) is 15.5. The van der Waals surface area contributed by atoms with E-state index in [0.29, 0.717) is 18.8 Å². The molecular formula is C14H23N5O2. The van der Waals surface area contributed by atoms with Gasteiger partial charge in [-0.05, 0) is 12.8 Å². The van der Waals surface area contributed by atoms with Crippen molar-refractivity contribution in [2.24, 2.45) is 0 Å². The first-order chi connectivity index (χ1) is 9.88.